The molecule has 4 heteroatoms. The Morgan fingerprint density at radius 3 is 2.56 bits per heavy atom. The molecule has 2 rings (SSSR count). The van der Waals surface area contributed by atoms with E-state index in [0.29, 0.717) is 0 Å². The number of carbonyl (C=O) groups excluding carboxylic acids is 1. The first kappa shape index (κ1) is 13.3. The maximum absolute atomic E-state index is 12.1. The molecule has 1 atom stereocenters. The molecule has 0 aliphatic heterocycles. The van der Waals surface area contributed by atoms with E-state index in [1.54, 1.807) is 11.3 Å². The van der Waals surface area contributed by atoms with Crippen molar-refractivity contribution in [2.45, 2.75) is 33.7 Å². The van der Waals surface area contributed by atoms with Crippen LogP contribution in [0.3, 0.4) is 0 Å². The molecule has 0 saturated carbocycles. The minimum absolute atomic E-state index is 0.0262. The zero-order valence-electron chi connectivity index (χ0n) is 11.0. The van der Waals surface area contributed by atoms with Crippen molar-refractivity contribution in [2.24, 2.45) is 0 Å². The summed E-state index contributed by atoms with van der Waals surface area (Å²) in [7, 11) is 0. The topological polar surface area (TPSA) is 29.1 Å². The first-order chi connectivity index (χ1) is 8.49. The van der Waals surface area contributed by atoms with Crippen LogP contribution >= 0.6 is 22.7 Å². The van der Waals surface area contributed by atoms with E-state index in [1.165, 1.54) is 26.7 Å². The molecular formula is C14H17NOS2. The van der Waals surface area contributed by atoms with Crippen LogP contribution in [0, 0.1) is 20.8 Å². The summed E-state index contributed by atoms with van der Waals surface area (Å²) < 4.78 is 0. The van der Waals surface area contributed by atoms with Crippen LogP contribution in [0.15, 0.2) is 17.5 Å². The van der Waals surface area contributed by atoms with Crippen LogP contribution in [0.2, 0.25) is 0 Å². The molecule has 0 bridgehead atoms. The summed E-state index contributed by atoms with van der Waals surface area (Å²) in [6, 6.07) is 4.19. The molecule has 1 amide bonds. The maximum Gasteiger partial charge on any atom is 0.262 e. The van der Waals surface area contributed by atoms with Gasteiger partial charge in [0, 0.05) is 9.75 Å². The maximum atomic E-state index is 12.1. The van der Waals surface area contributed by atoms with E-state index in [4.69, 9.17) is 0 Å². The molecule has 0 aromatic carbocycles. The molecule has 1 N–H and O–H groups in total. The summed E-state index contributed by atoms with van der Waals surface area (Å²) in [4.78, 5) is 15.5. The lowest BCUT2D eigenvalue weighted by Gasteiger charge is -2.13. The van der Waals surface area contributed by atoms with Crippen LogP contribution in [0.5, 0.6) is 0 Å². The van der Waals surface area contributed by atoms with Gasteiger partial charge in [0.1, 0.15) is 0 Å². The van der Waals surface area contributed by atoms with Crippen LogP contribution in [-0.2, 0) is 0 Å². The highest BCUT2D eigenvalue weighted by Crippen LogP contribution is 2.26. The first-order valence-electron chi connectivity index (χ1n) is 5.91. The summed E-state index contributed by atoms with van der Waals surface area (Å²) in [5, 5.41) is 5.02. The van der Waals surface area contributed by atoms with E-state index < -0.39 is 0 Å². The van der Waals surface area contributed by atoms with E-state index in [1.807, 2.05) is 25.3 Å². The second kappa shape index (κ2) is 5.24. The Morgan fingerprint density at radius 2 is 2.06 bits per heavy atom. The number of rotatable bonds is 3. The highest BCUT2D eigenvalue weighted by Gasteiger charge is 2.16. The van der Waals surface area contributed by atoms with Crippen molar-refractivity contribution in [3.8, 4) is 0 Å². The third kappa shape index (κ3) is 2.65. The normalized spacial score (nSPS) is 12.4. The molecule has 18 heavy (non-hydrogen) atoms. The van der Waals surface area contributed by atoms with Crippen molar-refractivity contribution in [3.63, 3.8) is 0 Å². The van der Waals surface area contributed by atoms with Crippen LogP contribution in [0.4, 0.5) is 0 Å². The van der Waals surface area contributed by atoms with Crippen molar-refractivity contribution < 1.29 is 4.79 Å². The van der Waals surface area contributed by atoms with Crippen LogP contribution < -0.4 is 5.32 Å². The van der Waals surface area contributed by atoms with Gasteiger partial charge in [-0.05, 0) is 56.3 Å². The van der Waals surface area contributed by atoms with E-state index in [2.05, 4.69) is 25.2 Å². The Bertz CT molecular complexity index is 568. The van der Waals surface area contributed by atoms with Crippen molar-refractivity contribution in [2.75, 3.05) is 0 Å². The molecular weight excluding hydrogens is 262 g/mol. The van der Waals surface area contributed by atoms with E-state index in [9.17, 15) is 4.79 Å². The monoisotopic (exact) mass is 279 g/mol. The Hall–Kier alpha value is -1.13. The molecule has 0 aliphatic rings. The number of hydrogen-bond donors (Lipinski definition) is 1. The average molecular weight is 279 g/mol. The van der Waals surface area contributed by atoms with Gasteiger partial charge >= 0.3 is 0 Å². The molecule has 0 saturated heterocycles. The van der Waals surface area contributed by atoms with Gasteiger partial charge in [-0.3, -0.25) is 4.79 Å². The Balaban J connectivity index is 2.13. The van der Waals surface area contributed by atoms with E-state index in [0.717, 1.165) is 10.4 Å². The Morgan fingerprint density at radius 1 is 1.33 bits per heavy atom. The van der Waals surface area contributed by atoms with Crippen molar-refractivity contribution in [1.82, 2.24) is 5.32 Å². The molecule has 0 aliphatic carbocycles. The van der Waals surface area contributed by atoms with Gasteiger partial charge in [-0.2, -0.15) is 0 Å². The lowest BCUT2D eigenvalue weighted by molar-refractivity contribution is 0.0943. The van der Waals surface area contributed by atoms with Gasteiger partial charge in [-0.25, -0.2) is 0 Å². The lowest BCUT2D eigenvalue weighted by atomic mass is 10.1. The van der Waals surface area contributed by atoms with Crippen molar-refractivity contribution >= 4 is 28.6 Å². The number of amides is 1. The lowest BCUT2D eigenvalue weighted by Crippen LogP contribution is -2.26. The number of carbonyl (C=O) groups is 1. The average Bonchev–Trinajstić information content (AvgIpc) is 2.84. The van der Waals surface area contributed by atoms with Gasteiger partial charge in [0.25, 0.3) is 5.91 Å². The van der Waals surface area contributed by atoms with Gasteiger partial charge < -0.3 is 5.32 Å². The largest absolute Gasteiger partial charge is 0.345 e. The predicted molar refractivity (Wildman–Crippen MR) is 78.7 cm³/mol. The van der Waals surface area contributed by atoms with Gasteiger partial charge in [0.05, 0.1) is 10.9 Å². The Labute approximate surface area is 116 Å². The number of nitrogens with one attached hydrogen (secondary N) is 1. The van der Waals surface area contributed by atoms with Crippen molar-refractivity contribution in [3.05, 3.63) is 43.3 Å². The Kier molecular flexibility index (Phi) is 3.88. The minimum Gasteiger partial charge on any atom is -0.345 e. The standard InChI is InChI=1S/C14H17NOS2/c1-8-5-6-17-13(8)14(16)15-10(3)12-7-9(2)18-11(12)4/h5-7,10H,1-4H3,(H,15,16)/t10-/m0/s1. The first-order valence-corrected chi connectivity index (χ1v) is 7.60. The molecule has 96 valence electrons. The van der Waals surface area contributed by atoms with Gasteiger partial charge in [0.2, 0.25) is 0 Å². The summed E-state index contributed by atoms with van der Waals surface area (Å²) in [6.45, 7) is 8.20. The fourth-order valence-corrected chi connectivity index (χ4v) is 3.88. The van der Waals surface area contributed by atoms with Crippen molar-refractivity contribution in [1.29, 1.82) is 0 Å². The molecule has 2 aromatic rings. The van der Waals surface area contributed by atoms with E-state index in [-0.39, 0.29) is 11.9 Å². The van der Waals surface area contributed by atoms with Gasteiger partial charge in [0.15, 0.2) is 0 Å². The van der Waals surface area contributed by atoms with Gasteiger partial charge in [-0.1, -0.05) is 0 Å². The second-order valence-electron chi connectivity index (χ2n) is 4.50. The molecule has 2 heterocycles. The molecule has 2 nitrogen and oxygen atoms in total. The number of thiophene rings is 2. The summed E-state index contributed by atoms with van der Waals surface area (Å²) in [5.41, 5.74) is 2.27. The fourth-order valence-electron chi connectivity index (χ4n) is 2.03. The third-order valence-corrected chi connectivity index (χ3v) is 4.96. The van der Waals surface area contributed by atoms with E-state index >= 15 is 0 Å². The number of aryl methyl sites for hydroxylation is 3. The summed E-state index contributed by atoms with van der Waals surface area (Å²) in [5.74, 6) is 0.0262. The molecule has 0 unspecified atom stereocenters. The quantitative estimate of drug-likeness (QED) is 0.895. The zero-order valence-corrected chi connectivity index (χ0v) is 12.7. The molecule has 0 radical (unpaired) electrons. The molecule has 2 aromatic heterocycles. The summed E-state index contributed by atoms with van der Waals surface area (Å²) in [6.07, 6.45) is 0. The second-order valence-corrected chi connectivity index (χ2v) is 6.87. The molecule has 0 spiro atoms. The minimum atomic E-state index is 0.0262. The highest BCUT2D eigenvalue weighted by molar-refractivity contribution is 7.12. The SMILES string of the molecule is Cc1cc([C@H](C)NC(=O)c2sccc2C)c(C)s1. The van der Waals surface area contributed by atoms with Gasteiger partial charge in [-0.15, -0.1) is 22.7 Å². The predicted octanol–water partition coefficient (Wildman–Crippen LogP) is 4.23. The van der Waals surface area contributed by atoms with Crippen LogP contribution in [0.25, 0.3) is 0 Å². The summed E-state index contributed by atoms with van der Waals surface area (Å²) >= 11 is 3.27. The molecule has 0 fully saturated rings. The van der Waals surface area contributed by atoms with Crippen LogP contribution in [0.1, 0.15) is 43.5 Å². The number of hydrogen-bond acceptors (Lipinski definition) is 3. The highest BCUT2D eigenvalue weighted by atomic mass is 32.1. The fraction of sp³-hybridized carbons (Fsp3) is 0.357. The third-order valence-electron chi connectivity index (χ3n) is 2.96. The van der Waals surface area contributed by atoms with Crippen LogP contribution in [-0.4, -0.2) is 5.91 Å². The smallest absolute Gasteiger partial charge is 0.262 e. The zero-order chi connectivity index (χ0) is 13.3.